The highest BCUT2D eigenvalue weighted by Gasteiger charge is 2.43. The number of hydrogen-bond donors (Lipinski definition) is 0. The number of ether oxygens (including phenoxy) is 1. The number of unbranched alkanes of at least 4 members (excludes halogenated alkanes) is 2. The van der Waals surface area contributed by atoms with Gasteiger partial charge in [0.25, 0.3) is 0 Å². The molecule has 5 nitrogen and oxygen atoms in total. The topological polar surface area (TPSA) is 68.6 Å². The van der Waals surface area contributed by atoms with E-state index in [0.29, 0.717) is 18.6 Å². The van der Waals surface area contributed by atoms with E-state index in [1.807, 2.05) is 25.1 Å². The van der Waals surface area contributed by atoms with E-state index < -0.39 is 11.8 Å². The number of rotatable bonds is 6. The van der Waals surface area contributed by atoms with Gasteiger partial charge >= 0.3 is 5.97 Å². The Kier molecular flexibility index (Phi) is 5.96. The Bertz CT molecular complexity index is 737. The molecule has 0 N–H and O–H groups in total. The van der Waals surface area contributed by atoms with E-state index in [4.69, 9.17) is 4.74 Å². The average Bonchev–Trinajstić information content (AvgIpc) is 2.65. The monoisotopic (exact) mass is 354 g/mol. The minimum absolute atomic E-state index is 0.0851. The predicted molar refractivity (Wildman–Crippen MR) is 99.9 cm³/mol. The molecule has 138 valence electrons. The van der Waals surface area contributed by atoms with Crippen LogP contribution < -0.4 is 0 Å². The van der Waals surface area contributed by atoms with Crippen molar-refractivity contribution in [2.45, 2.75) is 58.3 Å². The SMILES string of the molecule is CCCCCOC(=O)C1C(C)=NC2=C(C(=O)CCC2)[C@@H]1c1ccccn1. The molecule has 1 unspecified atom stereocenters. The lowest BCUT2D eigenvalue weighted by Crippen LogP contribution is -2.37. The van der Waals surface area contributed by atoms with Gasteiger partial charge in [0, 0.05) is 35.3 Å². The molecule has 0 saturated heterocycles. The summed E-state index contributed by atoms with van der Waals surface area (Å²) < 4.78 is 5.54. The second-order valence-electron chi connectivity index (χ2n) is 6.97. The first-order chi connectivity index (χ1) is 12.6. The number of carbonyl (C=O) groups excluding carboxylic acids is 2. The summed E-state index contributed by atoms with van der Waals surface area (Å²) in [5, 5.41) is 0. The van der Waals surface area contributed by atoms with Crippen LogP contribution in [0.2, 0.25) is 0 Å². The average molecular weight is 354 g/mol. The van der Waals surface area contributed by atoms with E-state index in [1.165, 1.54) is 0 Å². The highest BCUT2D eigenvalue weighted by Crippen LogP contribution is 2.42. The number of carbonyl (C=O) groups is 2. The number of aromatic nitrogens is 1. The van der Waals surface area contributed by atoms with Crippen LogP contribution in [-0.4, -0.2) is 29.1 Å². The standard InChI is InChI=1S/C21H26N2O3/c1-3-4-7-13-26-21(25)18-14(2)23-16-10-8-11-17(24)19(16)20(18)15-9-5-6-12-22-15/h5-6,9,12,18,20H,3-4,7-8,10-11,13H2,1-2H3/t18?,20-/m1/s1. The van der Waals surface area contributed by atoms with Gasteiger partial charge < -0.3 is 4.74 Å². The summed E-state index contributed by atoms with van der Waals surface area (Å²) in [5.74, 6) is -1.19. The molecule has 0 saturated carbocycles. The molecule has 0 bridgehead atoms. The smallest absolute Gasteiger partial charge is 0.315 e. The number of allylic oxidation sites excluding steroid dienone is 2. The Morgan fingerprint density at radius 1 is 1.27 bits per heavy atom. The van der Waals surface area contributed by atoms with Crippen LogP contribution in [0.3, 0.4) is 0 Å². The van der Waals surface area contributed by atoms with Gasteiger partial charge in [-0.1, -0.05) is 25.8 Å². The quantitative estimate of drug-likeness (QED) is 0.572. The summed E-state index contributed by atoms with van der Waals surface area (Å²) in [6.07, 6.45) is 6.76. The van der Waals surface area contributed by atoms with Gasteiger partial charge in [-0.3, -0.25) is 19.6 Å². The zero-order chi connectivity index (χ0) is 18.5. The number of pyridine rings is 1. The number of nitrogens with zero attached hydrogens (tertiary/aromatic N) is 2. The third kappa shape index (κ3) is 3.76. The van der Waals surface area contributed by atoms with Gasteiger partial charge in [-0.25, -0.2) is 0 Å². The molecule has 1 aromatic heterocycles. The Labute approximate surface area is 154 Å². The summed E-state index contributed by atoms with van der Waals surface area (Å²) in [6, 6.07) is 5.61. The Balaban J connectivity index is 1.94. The first-order valence-corrected chi connectivity index (χ1v) is 9.52. The minimum atomic E-state index is -0.577. The van der Waals surface area contributed by atoms with Crippen molar-refractivity contribution in [1.29, 1.82) is 0 Å². The van der Waals surface area contributed by atoms with E-state index in [2.05, 4.69) is 16.9 Å². The van der Waals surface area contributed by atoms with Crippen LogP contribution in [0.25, 0.3) is 0 Å². The summed E-state index contributed by atoms with van der Waals surface area (Å²) in [4.78, 5) is 34.6. The van der Waals surface area contributed by atoms with Gasteiger partial charge in [0.2, 0.25) is 0 Å². The van der Waals surface area contributed by atoms with E-state index in [-0.39, 0.29) is 11.8 Å². The number of aliphatic imine (C=N–C) groups is 1. The maximum atomic E-state index is 12.9. The molecule has 0 aromatic carbocycles. The predicted octanol–water partition coefficient (Wildman–Crippen LogP) is 4.00. The van der Waals surface area contributed by atoms with Crippen LogP contribution in [0.1, 0.15) is 64.0 Å². The van der Waals surface area contributed by atoms with Gasteiger partial charge in [0.1, 0.15) is 5.92 Å². The fourth-order valence-electron chi connectivity index (χ4n) is 3.81. The van der Waals surface area contributed by atoms with E-state index in [9.17, 15) is 9.59 Å². The third-order valence-corrected chi connectivity index (χ3v) is 5.09. The highest BCUT2D eigenvalue weighted by molar-refractivity contribution is 6.08. The van der Waals surface area contributed by atoms with Crippen LogP contribution in [-0.2, 0) is 14.3 Å². The van der Waals surface area contributed by atoms with Crippen molar-refractivity contribution in [3.05, 3.63) is 41.4 Å². The summed E-state index contributed by atoms with van der Waals surface area (Å²) >= 11 is 0. The fourth-order valence-corrected chi connectivity index (χ4v) is 3.81. The lowest BCUT2D eigenvalue weighted by atomic mass is 9.73. The summed E-state index contributed by atoms with van der Waals surface area (Å²) in [5.41, 5.74) is 2.94. The van der Waals surface area contributed by atoms with Crippen molar-refractivity contribution < 1.29 is 14.3 Å². The van der Waals surface area contributed by atoms with Crippen molar-refractivity contribution in [1.82, 2.24) is 4.98 Å². The van der Waals surface area contributed by atoms with Crippen LogP contribution in [0, 0.1) is 5.92 Å². The molecule has 1 aliphatic heterocycles. The molecule has 0 radical (unpaired) electrons. The first kappa shape index (κ1) is 18.5. The molecule has 3 rings (SSSR count). The molecule has 0 fully saturated rings. The number of ketones is 1. The second-order valence-corrected chi connectivity index (χ2v) is 6.97. The van der Waals surface area contributed by atoms with Crippen LogP contribution in [0.15, 0.2) is 40.7 Å². The van der Waals surface area contributed by atoms with E-state index in [1.54, 1.807) is 6.20 Å². The number of Topliss-reactive ketones (excluding diaryl/α,β-unsaturated/α-hetero) is 1. The van der Waals surface area contributed by atoms with Gasteiger partial charge in [0.05, 0.1) is 12.5 Å². The fraction of sp³-hybridized carbons (Fsp3) is 0.524. The third-order valence-electron chi connectivity index (χ3n) is 5.09. The van der Waals surface area contributed by atoms with Crippen LogP contribution >= 0.6 is 0 Å². The maximum absolute atomic E-state index is 12.9. The first-order valence-electron chi connectivity index (χ1n) is 9.52. The Morgan fingerprint density at radius 2 is 2.12 bits per heavy atom. The molecule has 0 amide bonds. The van der Waals surface area contributed by atoms with Gasteiger partial charge in [-0.15, -0.1) is 0 Å². The molecule has 0 spiro atoms. The van der Waals surface area contributed by atoms with Crippen molar-refractivity contribution >= 4 is 17.5 Å². The Morgan fingerprint density at radius 3 is 2.85 bits per heavy atom. The molecule has 2 heterocycles. The van der Waals surface area contributed by atoms with Gasteiger partial charge in [-0.2, -0.15) is 0 Å². The van der Waals surface area contributed by atoms with E-state index >= 15 is 0 Å². The van der Waals surface area contributed by atoms with Crippen LogP contribution in [0.5, 0.6) is 0 Å². The van der Waals surface area contributed by atoms with Crippen LogP contribution in [0.4, 0.5) is 0 Å². The van der Waals surface area contributed by atoms with E-state index in [0.717, 1.165) is 49.2 Å². The molecule has 1 aliphatic carbocycles. The largest absolute Gasteiger partial charge is 0.465 e. The normalized spacial score (nSPS) is 22.7. The molecule has 26 heavy (non-hydrogen) atoms. The van der Waals surface area contributed by atoms with Crippen molar-refractivity contribution in [2.75, 3.05) is 6.61 Å². The molecule has 2 atom stereocenters. The minimum Gasteiger partial charge on any atom is -0.465 e. The van der Waals surface area contributed by atoms with Gasteiger partial charge in [-0.05, 0) is 38.3 Å². The molecular formula is C21H26N2O3. The lowest BCUT2D eigenvalue weighted by molar-refractivity contribution is -0.146. The van der Waals surface area contributed by atoms with Crippen molar-refractivity contribution in [3.63, 3.8) is 0 Å². The zero-order valence-electron chi connectivity index (χ0n) is 15.5. The number of hydrogen-bond acceptors (Lipinski definition) is 5. The zero-order valence-corrected chi connectivity index (χ0v) is 15.5. The lowest BCUT2D eigenvalue weighted by Gasteiger charge is -2.33. The maximum Gasteiger partial charge on any atom is 0.315 e. The van der Waals surface area contributed by atoms with Gasteiger partial charge in [0.15, 0.2) is 5.78 Å². The van der Waals surface area contributed by atoms with Crippen molar-refractivity contribution in [3.8, 4) is 0 Å². The summed E-state index contributed by atoms with van der Waals surface area (Å²) in [6.45, 7) is 4.38. The Hall–Kier alpha value is -2.30. The highest BCUT2D eigenvalue weighted by atomic mass is 16.5. The molecule has 5 heteroatoms. The molecule has 2 aliphatic rings. The second kappa shape index (κ2) is 8.39. The van der Waals surface area contributed by atoms with Crippen molar-refractivity contribution in [2.24, 2.45) is 10.9 Å². The summed E-state index contributed by atoms with van der Waals surface area (Å²) in [7, 11) is 0. The molecule has 1 aromatic rings. The number of esters is 1. The molecular weight excluding hydrogens is 328 g/mol.